The first-order valence-electron chi connectivity index (χ1n) is 11.0. The van der Waals surface area contributed by atoms with E-state index in [1.54, 1.807) is 31.1 Å². The van der Waals surface area contributed by atoms with E-state index in [1.165, 1.54) is 6.07 Å². The second kappa shape index (κ2) is 9.57. The Labute approximate surface area is 191 Å². The minimum Gasteiger partial charge on any atom is -0.496 e. The smallest absolute Gasteiger partial charge is 0.254 e. The number of hydrogen-bond acceptors (Lipinski definition) is 3. The van der Waals surface area contributed by atoms with Crippen LogP contribution in [0.25, 0.3) is 10.8 Å². The number of nitrogens with one attached hydrogen (secondary N) is 1. The van der Waals surface area contributed by atoms with Crippen molar-refractivity contribution in [2.75, 3.05) is 20.2 Å². The van der Waals surface area contributed by atoms with Gasteiger partial charge >= 0.3 is 0 Å². The molecular weight excluding hydrogens is 426 g/mol. The zero-order chi connectivity index (χ0) is 23.5. The first-order valence-corrected chi connectivity index (χ1v) is 11.0. The molecule has 1 fully saturated rings. The Morgan fingerprint density at radius 3 is 2.36 bits per heavy atom. The number of amides is 2. The predicted molar refractivity (Wildman–Crippen MR) is 122 cm³/mol. The summed E-state index contributed by atoms with van der Waals surface area (Å²) in [5.74, 6) is -1.59. The molecule has 0 saturated carbocycles. The fourth-order valence-electron chi connectivity index (χ4n) is 4.35. The predicted octanol–water partition coefficient (Wildman–Crippen LogP) is 4.86. The Kier molecular flexibility index (Phi) is 6.58. The maximum Gasteiger partial charge on any atom is 0.254 e. The van der Waals surface area contributed by atoms with Crippen LogP contribution >= 0.6 is 0 Å². The lowest BCUT2D eigenvalue weighted by Crippen LogP contribution is -2.43. The van der Waals surface area contributed by atoms with Crippen molar-refractivity contribution in [3.8, 4) is 5.75 Å². The second-order valence-corrected chi connectivity index (χ2v) is 8.33. The molecular formula is C26H26F2N2O3. The van der Waals surface area contributed by atoms with Crippen LogP contribution in [-0.2, 0) is 4.79 Å². The number of halogens is 2. The number of piperidine rings is 1. The SMILES string of the molecule is COc1ccc(C(=O)N2CCC(C(=O)N[C@H](C)c3ccc(F)c(F)c3)CC2)c2ccccc12. The second-order valence-electron chi connectivity index (χ2n) is 8.33. The molecule has 0 aromatic heterocycles. The number of hydrogen-bond donors (Lipinski definition) is 1. The molecule has 2 amide bonds. The molecule has 1 heterocycles. The summed E-state index contributed by atoms with van der Waals surface area (Å²) in [4.78, 5) is 27.7. The quantitative estimate of drug-likeness (QED) is 0.602. The summed E-state index contributed by atoms with van der Waals surface area (Å²) in [6.07, 6.45) is 1.08. The third-order valence-corrected chi connectivity index (χ3v) is 6.29. The largest absolute Gasteiger partial charge is 0.496 e. The van der Waals surface area contributed by atoms with Gasteiger partial charge in [-0.25, -0.2) is 8.78 Å². The van der Waals surface area contributed by atoms with Gasteiger partial charge in [-0.3, -0.25) is 9.59 Å². The summed E-state index contributed by atoms with van der Waals surface area (Å²) in [7, 11) is 1.60. The molecule has 1 aliphatic rings. The summed E-state index contributed by atoms with van der Waals surface area (Å²) < 4.78 is 32.1. The fourth-order valence-corrected chi connectivity index (χ4v) is 4.35. The van der Waals surface area contributed by atoms with Gasteiger partial charge in [-0.1, -0.05) is 30.3 Å². The molecule has 1 N–H and O–H groups in total. The third kappa shape index (κ3) is 4.67. The normalized spacial score (nSPS) is 15.3. The first kappa shape index (κ1) is 22.7. The van der Waals surface area contributed by atoms with Crippen LogP contribution < -0.4 is 10.1 Å². The average Bonchev–Trinajstić information content (AvgIpc) is 2.84. The van der Waals surface area contributed by atoms with Crippen LogP contribution in [0, 0.1) is 17.6 Å². The molecule has 0 radical (unpaired) electrons. The number of nitrogens with zero attached hydrogens (tertiary/aromatic N) is 1. The maximum absolute atomic E-state index is 13.5. The molecule has 7 heteroatoms. The molecule has 0 spiro atoms. The highest BCUT2D eigenvalue weighted by Crippen LogP contribution is 2.30. The van der Waals surface area contributed by atoms with Crippen molar-refractivity contribution >= 4 is 22.6 Å². The minimum atomic E-state index is -0.938. The van der Waals surface area contributed by atoms with Gasteiger partial charge in [0.2, 0.25) is 5.91 Å². The Bertz CT molecular complexity index is 1190. The molecule has 0 unspecified atom stereocenters. The molecule has 172 valence electrons. The van der Waals surface area contributed by atoms with E-state index in [2.05, 4.69) is 5.32 Å². The maximum atomic E-state index is 13.5. The van der Waals surface area contributed by atoms with Gasteiger partial charge < -0.3 is 15.0 Å². The van der Waals surface area contributed by atoms with E-state index in [9.17, 15) is 18.4 Å². The van der Waals surface area contributed by atoms with Gasteiger partial charge in [-0.05, 0) is 55.0 Å². The number of carbonyl (C=O) groups is 2. The van der Waals surface area contributed by atoms with Crippen molar-refractivity contribution in [3.05, 3.63) is 77.4 Å². The monoisotopic (exact) mass is 452 g/mol. The molecule has 1 aliphatic heterocycles. The van der Waals surface area contributed by atoms with Gasteiger partial charge in [0.05, 0.1) is 13.2 Å². The van der Waals surface area contributed by atoms with Crippen molar-refractivity contribution in [1.82, 2.24) is 10.2 Å². The lowest BCUT2D eigenvalue weighted by atomic mass is 9.94. The first-order chi connectivity index (χ1) is 15.9. The molecule has 3 aromatic rings. The van der Waals surface area contributed by atoms with Crippen molar-refractivity contribution in [2.24, 2.45) is 5.92 Å². The number of likely N-dealkylation sites (tertiary alicyclic amines) is 1. The number of fused-ring (bicyclic) bond motifs is 1. The summed E-state index contributed by atoms with van der Waals surface area (Å²) in [5, 5.41) is 4.60. The van der Waals surface area contributed by atoms with E-state index in [0.717, 1.165) is 22.9 Å². The molecule has 1 atom stereocenters. The van der Waals surface area contributed by atoms with Crippen molar-refractivity contribution in [3.63, 3.8) is 0 Å². The highest BCUT2D eigenvalue weighted by molar-refractivity contribution is 6.08. The summed E-state index contributed by atoms with van der Waals surface area (Å²) >= 11 is 0. The third-order valence-electron chi connectivity index (χ3n) is 6.29. The number of carbonyl (C=O) groups excluding carboxylic acids is 2. The molecule has 33 heavy (non-hydrogen) atoms. The zero-order valence-corrected chi connectivity index (χ0v) is 18.6. The lowest BCUT2D eigenvalue weighted by molar-refractivity contribution is -0.127. The number of methoxy groups -OCH3 is 1. The standard InChI is InChI=1S/C26H26F2N2O3/c1-16(18-7-9-22(27)23(28)15-18)29-25(31)17-11-13-30(14-12-17)26(32)21-8-10-24(33-2)20-6-4-3-5-19(20)21/h3-10,15-17H,11-14H2,1-2H3,(H,29,31)/t16-/m1/s1. The minimum absolute atomic E-state index is 0.0668. The van der Waals surface area contributed by atoms with Gasteiger partial charge in [0.15, 0.2) is 11.6 Å². The van der Waals surface area contributed by atoms with Gasteiger partial charge in [-0.15, -0.1) is 0 Å². The fraction of sp³-hybridized carbons (Fsp3) is 0.308. The van der Waals surface area contributed by atoms with Crippen molar-refractivity contribution < 1.29 is 23.1 Å². The van der Waals surface area contributed by atoms with Crippen LogP contribution in [0.3, 0.4) is 0 Å². The highest BCUT2D eigenvalue weighted by Gasteiger charge is 2.29. The van der Waals surface area contributed by atoms with E-state index >= 15 is 0 Å². The van der Waals surface area contributed by atoms with E-state index in [-0.39, 0.29) is 17.7 Å². The van der Waals surface area contributed by atoms with Crippen LogP contribution in [0.5, 0.6) is 5.75 Å². The van der Waals surface area contributed by atoms with Crippen molar-refractivity contribution in [1.29, 1.82) is 0 Å². The molecule has 0 bridgehead atoms. The Morgan fingerprint density at radius 1 is 1.00 bits per heavy atom. The van der Waals surface area contributed by atoms with Gasteiger partial charge in [0, 0.05) is 30.0 Å². The van der Waals surface area contributed by atoms with Crippen LogP contribution in [0.2, 0.25) is 0 Å². The van der Waals surface area contributed by atoms with Crippen LogP contribution in [-0.4, -0.2) is 36.9 Å². The highest BCUT2D eigenvalue weighted by atomic mass is 19.2. The average molecular weight is 453 g/mol. The van der Waals surface area contributed by atoms with Crippen LogP contribution in [0.1, 0.15) is 41.7 Å². The number of benzene rings is 3. The summed E-state index contributed by atoms with van der Waals surface area (Å²) in [6, 6.07) is 14.4. The summed E-state index contributed by atoms with van der Waals surface area (Å²) in [5.41, 5.74) is 1.11. The van der Waals surface area contributed by atoms with E-state index in [1.807, 2.05) is 24.3 Å². The van der Waals surface area contributed by atoms with Gasteiger partial charge in [0.25, 0.3) is 5.91 Å². The van der Waals surface area contributed by atoms with Gasteiger partial charge in [0.1, 0.15) is 5.75 Å². The molecule has 0 aliphatic carbocycles. The van der Waals surface area contributed by atoms with E-state index < -0.39 is 17.7 Å². The van der Waals surface area contributed by atoms with Crippen molar-refractivity contribution in [2.45, 2.75) is 25.8 Å². The Morgan fingerprint density at radius 2 is 1.70 bits per heavy atom. The Balaban J connectivity index is 1.39. The molecule has 5 nitrogen and oxygen atoms in total. The number of ether oxygens (including phenoxy) is 1. The number of rotatable bonds is 5. The van der Waals surface area contributed by atoms with E-state index in [0.29, 0.717) is 42.8 Å². The summed E-state index contributed by atoms with van der Waals surface area (Å²) in [6.45, 7) is 2.67. The van der Waals surface area contributed by atoms with Crippen LogP contribution in [0.15, 0.2) is 54.6 Å². The van der Waals surface area contributed by atoms with Crippen LogP contribution in [0.4, 0.5) is 8.78 Å². The van der Waals surface area contributed by atoms with E-state index in [4.69, 9.17) is 4.74 Å². The topological polar surface area (TPSA) is 58.6 Å². The molecule has 1 saturated heterocycles. The molecule has 3 aromatic carbocycles. The molecule has 4 rings (SSSR count). The van der Waals surface area contributed by atoms with Gasteiger partial charge in [-0.2, -0.15) is 0 Å². The zero-order valence-electron chi connectivity index (χ0n) is 18.6. The Hall–Kier alpha value is -3.48. The lowest BCUT2D eigenvalue weighted by Gasteiger charge is -2.32.